The average molecular weight is 330 g/mol. The van der Waals surface area contributed by atoms with Crippen molar-refractivity contribution in [2.75, 3.05) is 6.61 Å². The molecule has 1 aliphatic carbocycles. The van der Waals surface area contributed by atoms with E-state index < -0.39 is 0 Å². The molecular weight excluding hydrogens is 305 g/mol. The molecule has 118 valence electrons. The van der Waals surface area contributed by atoms with Gasteiger partial charge in [-0.05, 0) is 49.8 Å². The summed E-state index contributed by atoms with van der Waals surface area (Å²) in [6.07, 6.45) is 5.13. The largest absolute Gasteiger partial charge is 0.374 e. The summed E-state index contributed by atoms with van der Waals surface area (Å²) in [7, 11) is 0. The van der Waals surface area contributed by atoms with Gasteiger partial charge in [0.15, 0.2) is 0 Å². The SMILES string of the molecule is CCOC1(C(N)Cc2c(Cl)cccc2Cl)CCCC(C)C1. The predicted molar refractivity (Wildman–Crippen MR) is 90.1 cm³/mol. The average Bonchev–Trinajstić information content (AvgIpc) is 2.43. The van der Waals surface area contributed by atoms with E-state index in [-0.39, 0.29) is 11.6 Å². The monoisotopic (exact) mass is 329 g/mol. The van der Waals surface area contributed by atoms with Crippen LogP contribution >= 0.6 is 23.2 Å². The van der Waals surface area contributed by atoms with Crippen LogP contribution in [0.25, 0.3) is 0 Å². The summed E-state index contributed by atoms with van der Waals surface area (Å²) in [5.41, 5.74) is 7.25. The predicted octanol–water partition coefficient (Wildman–Crippen LogP) is 4.85. The number of halogens is 2. The minimum Gasteiger partial charge on any atom is -0.374 e. The molecule has 0 radical (unpaired) electrons. The minimum absolute atomic E-state index is 0.0856. The van der Waals surface area contributed by atoms with Crippen molar-refractivity contribution in [1.82, 2.24) is 0 Å². The third kappa shape index (κ3) is 3.92. The van der Waals surface area contributed by atoms with Crippen molar-refractivity contribution in [2.24, 2.45) is 11.7 Å². The van der Waals surface area contributed by atoms with Crippen LogP contribution in [0.3, 0.4) is 0 Å². The molecule has 2 N–H and O–H groups in total. The third-order valence-electron chi connectivity index (χ3n) is 4.58. The second kappa shape index (κ2) is 7.32. The zero-order valence-corrected chi connectivity index (χ0v) is 14.4. The Balaban J connectivity index is 2.21. The molecule has 3 atom stereocenters. The molecule has 0 saturated heterocycles. The van der Waals surface area contributed by atoms with E-state index in [0.29, 0.717) is 29.0 Å². The van der Waals surface area contributed by atoms with Gasteiger partial charge in [0.1, 0.15) is 0 Å². The molecule has 1 aliphatic rings. The molecule has 2 rings (SSSR count). The number of ether oxygens (including phenoxy) is 1. The Morgan fingerprint density at radius 3 is 2.62 bits per heavy atom. The lowest BCUT2D eigenvalue weighted by atomic mass is 9.73. The van der Waals surface area contributed by atoms with Gasteiger partial charge in [0.2, 0.25) is 0 Å². The van der Waals surface area contributed by atoms with E-state index >= 15 is 0 Å². The van der Waals surface area contributed by atoms with E-state index in [0.717, 1.165) is 18.4 Å². The molecule has 1 aromatic carbocycles. The van der Waals surface area contributed by atoms with Gasteiger partial charge in [-0.2, -0.15) is 0 Å². The van der Waals surface area contributed by atoms with Crippen molar-refractivity contribution in [3.63, 3.8) is 0 Å². The Morgan fingerprint density at radius 1 is 1.38 bits per heavy atom. The smallest absolute Gasteiger partial charge is 0.0838 e. The second-order valence-corrected chi connectivity index (χ2v) is 7.02. The molecule has 1 aromatic rings. The van der Waals surface area contributed by atoms with Gasteiger partial charge in [0.25, 0.3) is 0 Å². The van der Waals surface area contributed by atoms with Crippen LogP contribution in [0.15, 0.2) is 18.2 Å². The third-order valence-corrected chi connectivity index (χ3v) is 5.29. The normalized spacial score (nSPS) is 27.6. The highest BCUT2D eigenvalue weighted by Crippen LogP contribution is 2.39. The first-order valence-electron chi connectivity index (χ1n) is 7.81. The highest BCUT2D eigenvalue weighted by Gasteiger charge is 2.41. The van der Waals surface area contributed by atoms with Crippen molar-refractivity contribution < 1.29 is 4.74 Å². The first-order chi connectivity index (χ1) is 9.98. The first-order valence-corrected chi connectivity index (χ1v) is 8.56. The Morgan fingerprint density at radius 2 is 2.05 bits per heavy atom. The Bertz CT molecular complexity index is 456. The number of hydrogen-bond acceptors (Lipinski definition) is 2. The van der Waals surface area contributed by atoms with Crippen LogP contribution in [-0.4, -0.2) is 18.2 Å². The molecule has 0 spiro atoms. The topological polar surface area (TPSA) is 35.2 Å². The first kappa shape index (κ1) is 17.1. The zero-order chi connectivity index (χ0) is 15.5. The van der Waals surface area contributed by atoms with E-state index in [1.54, 1.807) is 0 Å². The molecule has 3 unspecified atom stereocenters. The van der Waals surface area contributed by atoms with Crippen molar-refractivity contribution in [2.45, 2.75) is 57.6 Å². The maximum Gasteiger partial charge on any atom is 0.0838 e. The summed E-state index contributed by atoms with van der Waals surface area (Å²) in [5, 5.41) is 1.38. The Kier molecular flexibility index (Phi) is 5.96. The highest BCUT2D eigenvalue weighted by molar-refractivity contribution is 6.36. The molecule has 0 aliphatic heterocycles. The quantitative estimate of drug-likeness (QED) is 0.838. The Labute approximate surface area is 137 Å². The van der Waals surface area contributed by atoms with Crippen LogP contribution < -0.4 is 5.73 Å². The van der Waals surface area contributed by atoms with Crippen molar-refractivity contribution in [3.8, 4) is 0 Å². The van der Waals surface area contributed by atoms with E-state index in [9.17, 15) is 0 Å². The van der Waals surface area contributed by atoms with Crippen LogP contribution in [-0.2, 0) is 11.2 Å². The van der Waals surface area contributed by atoms with Crippen molar-refractivity contribution in [3.05, 3.63) is 33.8 Å². The number of nitrogens with two attached hydrogens (primary N) is 1. The molecule has 0 bridgehead atoms. The van der Waals surface area contributed by atoms with Gasteiger partial charge >= 0.3 is 0 Å². The molecule has 2 nitrogen and oxygen atoms in total. The van der Waals surface area contributed by atoms with Gasteiger partial charge in [-0.25, -0.2) is 0 Å². The molecule has 0 amide bonds. The second-order valence-electron chi connectivity index (χ2n) is 6.21. The van der Waals surface area contributed by atoms with Crippen molar-refractivity contribution in [1.29, 1.82) is 0 Å². The van der Waals surface area contributed by atoms with E-state index in [1.165, 1.54) is 12.8 Å². The fourth-order valence-corrected chi connectivity index (χ4v) is 4.09. The minimum atomic E-state index is -0.241. The summed E-state index contributed by atoms with van der Waals surface area (Å²) >= 11 is 12.6. The molecule has 0 heterocycles. The van der Waals surface area contributed by atoms with E-state index in [1.807, 2.05) is 25.1 Å². The Hall–Kier alpha value is -0.280. The number of hydrogen-bond donors (Lipinski definition) is 1. The van der Waals surface area contributed by atoms with Crippen LogP contribution in [0.2, 0.25) is 10.0 Å². The lowest BCUT2D eigenvalue weighted by Gasteiger charge is -2.44. The van der Waals surface area contributed by atoms with Gasteiger partial charge in [0.05, 0.1) is 5.60 Å². The highest BCUT2D eigenvalue weighted by atomic mass is 35.5. The summed E-state index contributed by atoms with van der Waals surface area (Å²) in [6.45, 7) is 5.01. The molecule has 1 fully saturated rings. The number of rotatable bonds is 5. The molecule has 0 aromatic heterocycles. The fraction of sp³-hybridized carbons (Fsp3) is 0.647. The summed E-state index contributed by atoms with van der Waals surface area (Å²) < 4.78 is 6.14. The van der Waals surface area contributed by atoms with Gasteiger partial charge in [-0.1, -0.05) is 49.0 Å². The van der Waals surface area contributed by atoms with Crippen LogP contribution in [0.5, 0.6) is 0 Å². The van der Waals surface area contributed by atoms with Crippen LogP contribution in [0.1, 0.15) is 45.1 Å². The van der Waals surface area contributed by atoms with Gasteiger partial charge in [0, 0.05) is 22.7 Å². The van der Waals surface area contributed by atoms with Crippen LogP contribution in [0, 0.1) is 5.92 Å². The van der Waals surface area contributed by atoms with Crippen LogP contribution in [0.4, 0.5) is 0 Å². The number of benzene rings is 1. The molecule has 1 saturated carbocycles. The summed E-state index contributed by atoms with van der Waals surface area (Å²) in [4.78, 5) is 0. The standard InChI is InChI=1S/C17H25Cl2NO/c1-3-21-17(9-5-6-12(2)11-17)16(20)10-13-14(18)7-4-8-15(13)19/h4,7-8,12,16H,3,5-6,9-11,20H2,1-2H3. The lowest BCUT2D eigenvalue weighted by molar-refractivity contribution is -0.0925. The van der Waals surface area contributed by atoms with Gasteiger partial charge in [-0.3, -0.25) is 0 Å². The molecule has 4 heteroatoms. The van der Waals surface area contributed by atoms with E-state index in [4.69, 9.17) is 33.7 Å². The maximum absolute atomic E-state index is 6.56. The van der Waals surface area contributed by atoms with Crippen molar-refractivity contribution >= 4 is 23.2 Å². The lowest BCUT2D eigenvalue weighted by Crippen LogP contribution is -2.53. The van der Waals surface area contributed by atoms with Gasteiger partial charge in [-0.15, -0.1) is 0 Å². The maximum atomic E-state index is 6.56. The van der Waals surface area contributed by atoms with Gasteiger partial charge < -0.3 is 10.5 Å². The summed E-state index contributed by atoms with van der Waals surface area (Å²) in [6, 6.07) is 5.51. The molecule has 21 heavy (non-hydrogen) atoms. The van der Waals surface area contributed by atoms with E-state index in [2.05, 4.69) is 6.92 Å². The molecular formula is C17H25Cl2NO. The summed E-state index contributed by atoms with van der Waals surface area (Å²) in [5.74, 6) is 0.651. The zero-order valence-electron chi connectivity index (χ0n) is 12.9. The fourth-order valence-electron chi connectivity index (χ4n) is 3.54.